The Kier molecular flexibility index (Phi) is 4.43. The highest BCUT2D eigenvalue weighted by Crippen LogP contribution is 2.17. The Bertz CT molecular complexity index is 773. The minimum Gasteiger partial charge on any atom is -0.486 e. The molecule has 1 N–H and O–H groups in total. The van der Waals surface area contributed by atoms with Gasteiger partial charge in [0.25, 0.3) is 0 Å². The van der Waals surface area contributed by atoms with E-state index < -0.39 is 5.97 Å². The summed E-state index contributed by atoms with van der Waals surface area (Å²) in [6, 6.07) is 21.1. The summed E-state index contributed by atoms with van der Waals surface area (Å²) in [6.07, 6.45) is 0.876. The highest BCUT2D eigenvalue weighted by molar-refractivity contribution is 5.84. The van der Waals surface area contributed by atoms with E-state index in [2.05, 4.69) is 12.1 Å². The molecule has 0 aliphatic carbocycles. The number of rotatable bonds is 6. The number of hydrogen-bond donors (Lipinski definition) is 1. The van der Waals surface area contributed by atoms with Crippen LogP contribution in [0.5, 0.6) is 5.75 Å². The Labute approximate surface area is 134 Å². The molecule has 0 atom stereocenters. The van der Waals surface area contributed by atoms with Gasteiger partial charge in [0.1, 0.15) is 18.1 Å². The molecule has 0 aliphatic heterocycles. The van der Waals surface area contributed by atoms with Gasteiger partial charge in [-0.2, -0.15) is 0 Å². The summed E-state index contributed by atoms with van der Waals surface area (Å²) in [7, 11) is 0. The van der Waals surface area contributed by atoms with Crippen molar-refractivity contribution in [1.82, 2.24) is 0 Å². The Morgan fingerprint density at radius 3 is 2.26 bits per heavy atom. The smallest absolute Gasteiger partial charge is 0.371 e. The van der Waals surface area contributed by atoms with Crippen LogP contribution in [0.25, 0.3) is 0 Å². The van der Waals surface area contributed by atoms with E-state index in [0.29, 0.717) is 5.76 Å². The molecule has 2 aromatic carbocycles. The molecule has 0 spiro atoms. The van der Waals surface area contributed by atoms with Crippen LogP contribution in [0.2, 0.25) is 0 Å². The van der Waals surface area contributed by atoms with Crippen LogP contribution in [0, 0.1) is 0 Å². The molecular formula is C19H16O4. The third-order valence-corrected chi connectivity index (χ3v) is 3.43. The van der Waals surface area contributed by atoms with E-state index >= 15 is 0 Å². The van der Waals surface area contributed by atoms with E-state index in [1.54, 1.807) is 6.07 Å². The number of benzene rings is 2. The molecule has 0 fully saturated rings. The minimum absolute atomic E-state index is 0.0817. The zero-order valence-electron chi connectivity index (χ0n) is 12.4. The zero-order chi connectivity index (χ0) is 16.1. The van der Waals surface area contributed by atoms with E-state index in [0.717, 1.165) is 12.2 Å². The van der Waals surface area contributed by atoms with Crippen molar-refractivity contribution in [2.75, 3.05) is 0 Å². The molecule has 0 saturated carbocycles. The molecule has 1 heterocycles. The van der Waals surface area contributed by atoms with Crippen molar-refractivity contribution in [1.29, 1.82) is 0 Å². The van der Waals surface area contributed by atoms with Gasteiger partial charge in [0.05, 0.1) is 0 Å². The van der Waals surface area contributed by atoms with Gasteiger partial charge in [0, 0.05) is 0 Å². The number of aromatic carboxylic acids is 1. The average molecular weight is 308 g/mol. The Morgan fingerprint density at radius 2 is 1.61 bits per heavy atom. The van der Waals surface area contributed by atoms with Gasteiger partial charge >= 0.3 is 5.97 Å². The Morgan fingerprint density at radius 1 is 0.913 bits per heavy atom. The van der Waals surface area contributed by atoms with Crippen LogP contribution in [0.1, 0.15) is 27.4 Å². The van der Waals surface area contributed by atoms with Gasteiger partial charge in [-0.25, -0.2) is 4.79 Å². The number of hydrogen-bond acceptors (Lipinski definition) is 3. The predicted octanol–water partition coefficient (Wildman–Crippen LogP) is 4.15. The molecular weight excluding hydrogens is 292 g/mol. The summed E-state index contributed by atoms with van der Waals surface area (Å²) in [5.74, 6) is 0.0363. The van der Waals surface area contributed by atoms with Gasteiger partial charge in [-0.1, -0.05) is 42.5 Å². The molecule has 0 aliphatic rings. The fourth-order valence-corrected chi connectivity index (χ4v) is 2.26. The molecule has 0 amide bonds. The molecule has 0 saturated heterocycles. The third-order valence-electron chi connectivity index (χ3n) is 3.43. The second-order valence-corrected chi connectivity index (χ2v) is 5.17. The van der Waals surface area contributed by atoms with Gasteiger partial charge in [-0.05, 0) is 41.8 Å². The lowest BCUT2D eigenvalue weighted by Gasteiger charge is -2.06. The quantitative estimate of drug-likeness (QED) is 0.743. The lowest BCUT2D eigenvalue weighted by molar-refractivity contribution is 0.0658. The topological polar surface area (TPSA) is 59.7 Å². The van der Waals surface area contributed by atoms with Crippen molar-refractivity contribution in [3.63, 3.8) is 0 Å². The summed E-state index contributed by atoms with van der Waals surface area (Å²) < 4.78 is 10.7. The Hall–Kier alpha value is -3.01. The van der Waals surface area contributed by atoms with Gasteiger partial charge < -0.3 is 14.3 Å². The largest absolute Gasteiger partial charge is 0.486 e. The van der Waals surface area contributed by atoms with Crippen LogP contribution >= 0.6 is 0 Å². The number of carbonyl (C=O) groups is 1. The normalized spacial score (nSPS) is 10.4. The first kappa shape index (κ1) is 14.9. The van der Waals surface area contributed by atoms with Gasteiger partial charge in [-0.15, -0.1) is 0 Å². The fourth-order valence-electron chi connectivity index (χ4n) is 2.26. The molecule has 116 valence electrons. The van der Waals surface area contributed by atoms with E-state index in [-0.39, 0.29) is 12.4 Å². The Balaban J connectivity index is 1.57. The van der Waals surface area contributed by atoms with Gasteiger partial charge in [0.2, 0.25) is 5.76 Å². The molecule has 1 aromatic heterocycles. The first-order chi connectivity index (χ1) is 11.2. The van der Waals surface area contributed by atoms with Crippen molar-refractivity contribution < 1.29 is 19.1 Å². The van der Waals surface area contributed by atoms with Crippen molar-refractivity contribution in [3.8, 4) is 5.75 Å². The maximum absolute atomic E-state index is 10.7. The summed E-state index contributed by atoms with van der Waals surface area (Å²) in [4.78, 5) is 10.7. The fraction of sp³-hybridized carbons (Fsp3) is 0.105. The molecule has 4 heteroatoms. The molecule has 23 heavy (non-hydrogen) atoms. The van der Waals surface area contributed by atoms with Crippen LogP contribution in [-0.2, 0) is 13.0 Å². The number of carboxylic acids is 1. The highest BCUT2D eigenvalue weighted by atomic mass is 16.5. The van der Waals surface area contributed by atoms with E-state index in [9.17, 15) is 4.79 Å². The summed E-state index contributed by atoms with van der Waals surface area (Å²) in [5.41, 5.74) is 2.47. The molecule has 4 nitrogen and oxygen atoms in total. The zero-order valence-corrected chi connectivity index (χ0v) is 12.4. The maximum Gasteiger partial charge on any atom is 0.371 e. The van der Waals surface area contributed by atoms with Gasteiger partial charge in [-0.3, -0.25) is 0 Å². The number of ether oxygens (including phenoxy) is 1. The predicted molar refractivity (Wildman–Crippen MR) is 85.7 cm³/mol. The summed E-state index contributed by atoms with van der Waals surface area (Å²) in [6.45, 7) is 0.200. The standard InChI is InChI=1S/C19H16O4/c20-19(21)18-11-10-17(23-18)13-22-16-8-6-15(7-9-16)12-14-4-2-1-3-5-14/h1-11H,12-13H2,(H,20,21). The van der Waals surface area contributed by atoms with E-state index in [4.69, 9.17) is 14.3 Å². The SMILES string of the molecule is O=C(O)c1ccc(COc2ccc(Cc3ccccc3)cc2)o1. The van der Waals surface area contributed by atoms with Crippen molar-refractivity contribution >= 4 is 5.97 Å². The molecule has 3 aromatic rings. The highest BCUT2D eigenvalue weighted by Gasteiger charge is 2.09. The van der Waals surface area contributed by atoms with Crippen molar-refractivity contribution in [3.05, 3.63) is 89.4 Å². The van der Waals surface area contributed by atoms with Crippen LogP contribution in [0.4, 0.5) is 0 Å². The number of carboxylic acid groups (broad SMARTS) is 1. The molecule has 3 rings (SSSR count). The lowest BCUT2D eigenvalue weighted by atomic mass is 10.1. The van der Waals surface area contributed by atoms with Crippen molar-refractivity contribution in [2.24, 2.45) is 0 Å². The monoisotopic (exact) mass is 308 g/mol. The van der Waals surface area contributed by atoms with Crippen molar-refractivity contribution in [2.45, 2.75) is 13.0 Å². The first-order valence-electron chi connectivity index (χ1n) is 7.28. The van der Waals surface area contributed by atoms with Crippen LogP contribution in [0.15, 0.2) is 71.1 Å². The lowest BCUT2D eigenvalue weighted by Crippen LogP contribution is -1.95. The van der Waals surface area contributed by atoms with E-state index in [1.165, 1.54) is 17.2 Å². The second-order valence-electron chi connectivity index (χ2n) is 5.17. The maximum atomic E-state index is 10.7. The van der Waals surface area contributed by atoms with Gasteiger partial charge in [0.15, 0.2) is 0 Å². The van der Waals surface area contributed by atoms with Crippen LogP contribution < -0.4 is 4.74 Å². The third kappa shape index (κ3) is 4.01. The summed E-state index contributed by atoms with van der Waals surface area (Å²) >= 11 is 0. The second kappa shape index (κ2) is 6.83. The molecule has 0 radical (unpaired) electrons. The average Bonchev–Trinajstić information content (AvgIpc) is 3.04. The van der Waals surface area contributed by atoms with E-state index in [1.807, 2.05) is 42.5 Å². The molecule has 0 unspecified atom stereocenters. The minimum atomic E-state index is -1.08. The number of furan rings is 1. The first-order valence-corrected chi connectivity index (χ1v) is 7.28. The van der Waals surface area contributed by atoms with Crippen LogP contribution in [0.3, 0.4) is 0 Å². The summed E-state index contributed by atoms with van der Waals surface area (Å²) in [5, 5.41) is 8.80. The molecule has 0 bridgehead atoms. The van der Waals surface area contributed by atoms with Crippen LogP contribution in [-0.4, -0.2) is 11.1 Å².